The zero-order valence-corrected chi connectivity index (χ0v) is 17.4. The van der Waals surface area contributed by atoms with Gasteiger partial charge in [-0.05, 0) is 69.7 Å². The minimum absolute atomic E-state index is 0.346. The third kappa shape index (κ3) is 6.41. The van der Waals surface area contributed by atoms with Gasteiger partial charge >= 0.3 is 0 Å². The molecule has 0 aliphatic carbocycles. The summed E-state index contributed by atoms with van der Waals surface area (Å²) in [5.74, 6) is 2.10. The van der Waals surface area contributed by atoms with Crippen molar-refractivity contribution in [2.24, 2.45) is 5.10 Å². The lowest BCUT2D eigenvalue weighted by Gasteiger charge is -2.12. The van der Waals surface area contributed by atoms with Crippen LogP contribution >= 0.6 is 0 Å². The Kier molecular flexibility index (Phi) is 8.82. The molecule has 0 aliphatic heterocycles. The summed E-state index contributed by atoms with van der Waals surface area (Å²) in [6, 6.07) is 10.5. The molecule has 1 amide bonds. The van der Waals surface area contributed by atoms with Gasteiger partial charge in [0, 0.05) is 5.56 Å². The molecule has 0 saturated carbocycles. The van der Waals surface area contributed by atoms with Crippen molar-refractivity contribution in [1.82, 2.24) is 5.43 Å². The van der Waals surface area contributed by atoms with Crippen molar-refractivity contribution in [2.75, 3.05) is 26.4 Å². The van der Waals surface area contributed by atoms with E-state index in [1.54, 1.807) is 24.4 Å². The molecule has 0 unspecified atom stereocenters. The lowest BCUT2D eigenvalue weighted by molar-refractivity contribution is 0.0954. The normalized spacial score (nSPS) is 10.6. The van der Waals surface area contributed by atoms with Gasteiger partial charge in [0.25, 0.3) is 5.91 Å². The van der Waals surface area contributed by atoms with Gasteiger partial charge in [-0.15, -0.1) is 0 Å². The van der Waals surface area contributed by atoms with Gasteiger partial charge in [-0.1, -0.05) is 0 Å². The van der Waals surface area contributed by atoms with E-state index in [2.05, 4.69) is 10.5 Å². The van der Waals surface area contributed by atoms with Crippen molar-refractivity contribution in [3.8, 4) is 23.0 Å². The van der Waals surface area contributed by atoms with Gasteiger partial charge in [-0.25, -0.2) is 5.43 Å². The fraction of sp³-hybridized carbons (Fsp3) is 0.364. The van der Waals surface area contributed by atoms with Gasteiger partial charge in [0.05, 0.1) is 32.6 Å². The highest BCUT2D eigenvalue weighted by Gasteiger charge is 2.11. The number of carbonyl (C=O) groups is 1. The van der Waals surface area contributed by atoms with Gasteiger partial charge in [-0.3, -0.25) is 4.79 Å². The maximum Gasteiger partial charge on any atom is 0.271 e. The summed E-state index contributed by atoms with van der Waals surface area (Å²) >= 11 is 0. The Hall–Kier alpha value is -3.22. The van der Waals surface area contributed by atoms with Crippen LogP contribution in [0, 0.1) is 0 Å². The van der Waals surface area contributed by atoms with Crippen LogP contribution in [0.25, 0.3) is 0 Å². The van der Waals surface area contributed by atoms with Gasteiger partial charge in [0.15, 0.2) is 23.0 Å². The number of hydrazone groups is 1. The second-order valence-corrected chi connectivity index (χ2v) is 5.80. The average Bonchev–Trinajstić information content (AvgIpc) is 2.71. The fourth-order valence-electron chi connectivity index (χ4n) is 2.57. The van der Waals surface area contributed by atoms with E-state index in [4.69, 9.17) is 18.9 Å². The average molecular weight is 400 g/mol. The lowest BCUT2D eigenvalue weighted by Crippen LogP contribution is -2.17. The SMILES string of the molecule is CCOc1ccc(/C=N/NC(=O)c2ccc(OCC)c(OCC)c2)cc1OCC. The Morgan fingerprint density at radius 2 is 1.31 bits per heavy atom. The van der Waals surface area contributed by atoms with Crippen LogP contribution in [0.3, 0.4) is 0 Å². The molecule has 0 radical (unpaired) electrons. The molecule has 2 aromatic carbocycles. The summed E-state index contributed by atoms with van der Waals surface area (Å²) in [6.45, 7) is 9.66. The number of hydrogen-bond donors (Lipinski definition) is 1. The Balaban J connectivity index is 2.09. The smallest absolute Gasteiger partial charge is 0.271 e. The van der Waals surface area contributed by atoms with Gasteiger partial charge in [0.1, 0.15) is 0 Å². The number of rotatable bonds is 11. The molecule has 0 fully saturated rings. The molecule has 7 nitrogen and oxygen atoms in total. The van der Waals surface area contributed by atoms with E-state index in [0.717, 1.165) is 5.56 Å². The van der Waals surface area contributed by atoms with Crippen LogP contribution in [-0.2, 0) is 0 Å². The van der Waals surface area contributed by atoms with Crippen molar-refractivity contribution in [1.29, 1.82) is 0 Å². The first-order valence-electron chi connectivity index (χ1n) is 9.75. The van der Waals surface area contributed by atoms with Gasteiger partial charge in [0.2, 0.25) is 0 Å². The molecule has 2 rings (SSSR count). The highest BCUT2D eigenvalue weighted by atomic mass is 16.5. The Morgan fingerprint density at radius 3 is 1.90 bits per heavy atom. The molecule has 7 heteroatoms. The van der Waals surface area contributed by atoms with Crippen LogP contribution in [0.4, 0.5) is 0 Å². The van der Waals surface area contributed by atoms with E-state index in [1.807, 2.05) is 45.9 Å². The number of carbonyl (C=O) groups excluding carboxylic acids is 1. The molecule has 0 atom stereocenters. The summed E-state index contributed by atoms with van der Waals surface area (Å²) in [7, 11) is 0. The summed E-state index contributed by atoms with van der Waals surface area (Å²) in [5, 5.41) is 4.04. The zero-order valence-electron chi connectivity index (χ0n) is 17.4. The van der Waals surface area contributed by atoms with Crippen LogP contribution in [0.15, 0.2) is 41.5 Å². The molecular formula is C22H28N2O5. The Bertz CT molecular complexity index is 836. The van der Waals surface area contributed by atoms with Crippen molar-refractivity contribution in [3.63, 3.8) is 0 Å². The lowest BCUT2D eigenvalue weighted by atomic mass is 10.2. The maximum atomic E-state index is 12.4. The number of amides is 1. The quantitative estimate of drug-likeness (QED) is 0.455. The van der Waals surface area contributed by atoms with E-state index in [9.17, 15) is 4.79 Å². The third-order valence-electron chi connectivity index (χ3n) is 3.75. The zero-order chi connectivity index (χ0) is 21.1. The largest absolute Gasteiger partial charge is 0.490 e. The maximum absolute atomic E-state index is 12.4. The van der Waals surface area contributed by atoms with Crippen LogP contribution in [0.2, 0.25) is 0 Å². The number of nitrogens with one attached hydrogen (secondary N) is 1. The van der Waals surface area contributed by atoms with Crippen molar-refractivity contribution in [2.45, 2.75) is 27.7 Å². The fourth-order valence-corrected chi connectivity index (χ4v) is 2.57. The summed E-state index contributed by atoms with van der Waals surface area (Å²) in [5.41, 5.74) is 3.72. The van der Waals surface area contributed by atoms with E-state index in [0.29, 0.717) is 55.0 Å². The summed E-state index contributed by atoms with van der Waals surface area (Å²) < 4.78 is 22.2. The summed E-state index contributed by atoms with van der Waals surface area (Å²) in [4.78, 5) is 12.4. The second kappa shape index (κ2) is 11.6. The molecule has 0 aliphatic rings. The van der Waals surface area contributed by atoms with E-state index < -0.39 is 0 Å². The van der Waals surface area contributed by atoms with Gasteiger partial charge < -0.3 is 18.9 Å². The molecule has 0 bridgehead atoms. The van der Waals surface area contributed by atoms with E-state index in [1.165, 1.54) is 0 Å². The van der Waals surface area contributed by atoms with Crippen LogP contribution < -0.4 is 24.4 Å². The molecule has 0 spiro atoms. The summed E-state index contributed by atoms with van der Waals surface area (Å²) in [6.07, 6.45) is 1.55. The highest BCUT2D eigenvalue weighted by Crippen LogP contribution is 2.29. The topological polar surface area (TPSA) is 78.4 Å². The van der Waals surface area contributed by atoms with Crippen molar-refractivity contribution >= 4 is 12.1 Å². The predicted molar refractivity (Wildman–Crippen MR) is 113 cm³/mol. The van der Waals surface area contributed by atoms with Crippen molar-refractivity contribution in [3.05, 3.63) is 47.5 Å². The van der Waals surface area contributed by atoms with Crippen LogP contribution in [0.5, 0.6) is 23.0 Å². The number of hydrogen-bond acceptors (Lipinski definition) is 6. The Labute approximate surface area is 171 Å². The number of ether oxygens (including phenoxy) is 4. The molecule has 0 aromatic heterocycles. The molecule has 29 heavy (non-hydrogen) atoms. The highest BCUT2D eigenvalue weighted by molar-refractivity contribution is 5.95. The number of nitrogens with zero attached hydrogens (tertiary/aromatic N) is 1. The van der Waals surface area contributed by atoms with Crippen molar-refractivity contribution < 1.29 is 23.7 Å². The monoisotopic (exact) mass is 400 g/mol. The van der Waals surface area contributed by atoms with Crippen LogP contribution in [0.1, 0.15) is 43.6 Å². The molecule has 0 heterocycles. The Morgan fingerprint density at radius 1 is 0.793 bits per heavy atom. The predicted octanol–water partition coefficient (Wildman–Crippen LogP) is 4.05. The van der Waals surface area contributed by atoms with E-state index >= 15 is 0 Å². The first-order chi connectivity index (χ1) is 14.1. The van der Waals surface area contributed by atoms with Gasteiger partial charge in [-0.2, -0.15) is 5.10 Å². The third-order valence-corrected chi connectivity index (χ3v) is 3.75. The standard InChI is InChI=1S/C22H28N2O5/c1-5-26-18-11-9-16(13-20(18)28-7-3)15-23-24-22(25)17-10-12-19(27-6-2)21(14-17)29-8-4/h9-15H,5-8H2,1-4H3,(H,24,25)/b23-15+. The number of benzene rings is 2. The van der Waals surface area contributed by atoms with Crippen LogP contribution in [-0.4, -0.2) is 38.5 Å². The minimum Gasteiger partial charge on any atom is -0.490 e. The second-order valence-electron chi connectivity index (χ2n) is 5.80. The molecule has 156 valence electrons. The minimum atomic E-state index is -0.346. The molecular weight excluding hydrogens is 372 g/mol. The first kappa shape index (κ1) is 22.1. The molecule has 1 N–H and O–H groups in total. The van der Waals surface area contributed by atoms with E-state index in [-0.39, 0.29) is 5.91 Å². The molecule has 2 aromatic rings. The first-order valence-corrected chi connectivity index (χ1v) is 9.75. The molecule has 0 saturated heterocycles.